The molecule has 0 heterocycles. The van der Waals surface area contributed by atoms with E-state index in [1.165, 1.54) is 11.9 Å². The number of hydrogen-bond acceptors (Lipinski definition) is 5. The number of hydrogen-bond donors (Lipinski definition) is 1. The van der Waals surface area contributed by atoms with Crippen molar-refractivity contribution in [1.29, 1.82) is 5.26 Å². The average molecular weight is 258 g/mol. The van der Waals surface area contributed by atoms with Crippen molar-refractivity contribution in [2.24, 2.45) is 0 Å². The maximum atomic E-state index is 11.7. The van der Waals surface area contributed by atoms with Crippen LogP contribution in [0.5, 0.6) is 0 Å². The molecule has 1 unspecified atom stereocenters. The minimum Gasteiger partial charge on any atom is -0.444 e. The molecule has 1 N–H and O–H groups in total. The molecule has 18 heavy (non-hydrogen) atoms. The summed E-state index contributed by atoms with van der Waals surface area (Å²) in [5.74, 6) is 0. The van der Waals surface area contributed by atoms with E-state index in [1.807, 2.05) is 6.07 Å². The van der Waals surface area contributed by atoms with E-state index in [-0.39, 0.29) is 13.2 Å². The van der Waals surface area contributed by atoms with Gasteiger partial charge in [-0.2, -0.15) is 5.26 Å². The van der Waals surface area contributed by atoms with Crippen LogP contribution in [0.3, 0.4) is 0 Å². The number of carbonyl (C=O) groups excluding carboxylic acids is 1. The van der Waals surface area contributed by atoms with Gasteiger partial charge in [0.25, 0.3) is 0 Å². The zero-order valence-electron chi connectivity index (χ0n) is 11.6. The zero-order valence-corrected chi connectivity index (χ0v) is 11.6. The molecule has 0 aliphatic rings. The van der Waals surface area contributed by atoms with E-state index in [4.69, 9.17) is 19.8 Å². The van der Waals surface area contributed by atoms with Gasteiger partial charge in [-0.15, -0.1) is 0 Å². The van der Waals surface area contributed by atoms with Crippen LogP contribution in [-0.4, -0.2) is 54.1 Å². The van der Waals surface area contributed by atoms with Gasteiger partial charge in [-0.05, 0) is 27.7 Å². The molecule has 0 saturated carbocycles. The first-order valence-corrected chi connectivity index (χ1v) is 5.78. The number of nitrogens with zero attached hydrogens (tertiary/aromatic N) is 2. The molecule has 0 aromatic carbocycles. The van der Waals surface area contributed by atoms with Gasteiger partial charge in [-0.3, -0.25) is 4.90 Å². The van der Waals surface area contributed by atoms with Crippen molar-refractivity contribution in [3.63, 3.8) is 0 Å². The number of nitriles is 1. The van der Waals surface area contributed by atoms with Crippen molar-refractivity contribution in [3.8, 4) is 6.07 Å². The molecule has 2 atom stereocenters. The molecular weight excluding hydrogens is 236 g/mol. The first kappa shape index (κ1) is 16.7. The summed E-state index contributed by atoms with van der Waals surface area (Å²) in [4.78, 5) is 12.9. The minimum absolute atomic E-state index is 0.0388. The lowest BCUT2D eigenvalue weighted by atomic mass is 10.2. The Balaban J connectivity index is 4.30. The number of aliphatic hydroxyl groups excluding tert-OH is 1. The number of rotatable bonds is 5. The molecule has 0 saturated heterocycles. The number of aliphatic hydroxyl groups is 1. The molecule has 6 nitrogen and oxygen atoms in total. The Morgan fingerprint density at radius 2 is 2.00 bits per heavy atom. The van der Waals surface area contributed by atoms with E-state index in [9.17, 15) is 4.79 Å². The molecule has 6 heteroatoms. The van der Waals surface area contributed by atoms with Gasteiger partial charge in [0.05, 0.1) is 25.4 Å². The van der Waals surface area contributed by atoms with E-state index in [0.29, 0.717) is 0 Å². The fourth-order valence-corrected chi connectivity index (χ4v) is 1.05. The monoisotopic (exact) mass is 258 g/mol. The van der Waals surface area contributed by atoms with Gasteiger partial charge >= 0.3 is 6.09 Å². The van der Waals surface area contributed by atoms with E-state index in [2.05, 4.69) is 0 Å². The summed E-state index contributed by atoms with van der Waals surface area (Å²) >= 11 is 0. The van der Waals surface area contributed by atoms with Gasteiger partial charge in [0, 0.05) is 7.05 Å². The molecule has 0 radical (unpaired) electrons. The quantitative estimate of drug-likeness (QED) is 0.799. The van der Waals surface area contributed by atoms with Crippen molar-refractivity contribution < 1.29 is 19.4 Å². The summed E-state index contributed by atoms with van der Waals surface area (Å²) in [5.41, 5.74) is -0.605. The van der Waals surface area contributed by atoms with Gasteiger partial charge in [-0.1, -0.05) is 0 Å². The molecule has 1 amide bonds. The molecule has 104 valence electrons. The number of carbonyl (C=O) groups is 1. The van der Waals surface area contributed by atoms with Gasteiger partial charge in [0.2, 0.25) is 0 Å². The lowest BCUT2D eigenvalue weighted by Crippen LogP contribution is -2.42. The van der Waals surface area contributed by atoms with E-state index < -0.39 is 23.8 Å². The maximum Gasteiger partial charge on any atom is 0.411 e. The topological polar surface area (TPSA) is 82.8 Å². The molecule has 0 aliphatic carbocycles. The van der Waals surface area contributed by atoms with Crippen molar-refractivity contribution in [3.05, 3.63) is 0 Å². The number of amides is 1. The molecule has 0 spiro atoms. The first-order chi connectivity index (χ1) is 8.17. The predicted molar refractivity (Wildman–Crippen MR) is 65.9 cm³/mol. The Hall–Kier alpha value is -1.32. The third-order valence-corrected chi connectivity index (χ3v) is 1.93. The minimum atomic E-state index is -0.737. The van der Waals surface area contributed by atoms with Crippen LogP contribution in [0.1, 0.15) is 27.7 Å². The van der Waals surface area contributed by atoms with E-state index >= 15 is 0 Å². The molecule has 0 rings (SSSR count). The van der Waals surface area contributed by atoms with Gasteiger partial charge in [0.1, 0.15) is 11.6 Å². The summed E-state index contributed by atoms with van der Waals surface area (Å²) in [6.45, 7) is 7.01. The van der Waals surface area contributed by atoms with E-state index in [1.54, 1.807) is 27.7 Å². The summed E-state index contributed by atoms with van der Waals surface area (Å²) in [7, 11) is 1.48. The fourth-order valence-electron chi connectivity index (χ4n) is 1.05. The lowest BCUT2D eigenvalue weighted by Gasteiger charge is -2.27. The summed E-state index contributed by atoms with van der Waals surface area (Å²) in [5, 5.41) is 18.0. The molecule has 0 aliphatic heterocycles. The van der Waals surface area contributed by atoms with Gasteiger partial charge in [-0.25, -0.2) is 4.79 Å². The fraction of sp³-hybridized carbons (Fsp3) is 0.833. The second-order valence-electron chi connectivity index (χ2n) is 5.12. The van der Waals surface area contributed by atoms with Crippen molar-refractivity contribution in [2.45, 2.75) is 45.4 Å². The second-order valence-corrected chi connectivity index (χ2v) is 5.12. The number of ether oxygens (including phenoxy) is 2. The Bertz CT molecular complexity index is 304. The van der Waals surface area contributed by atoms with Crippen LogP contribution in [0, 0.1) is 11.3 Å². The highest BCUT2D eigenvalue weighted by atomic mass is 16.6. The van der Waals surface area contributed by atoms with Crippen LogP contribution in [0.15, 0.2) is 0 Å². The van der Waals surface area contributed by atoms with Crippen LogP contribution < -0.4 is 0 Å². The highest BCUT2D eigenvalue weighted by Gasteiger charge is 2.25. The SMILES string of the molecule is C[C@@H](O)COCC(C#N)N(C)C(=O)OC(C)(C)C. The Morgan fingerprint density at radius 1 is 1.44 bits per heavy atom. The third kappa shape index (κ3) is 7.09. The molecular formula is C12H22N2O4. The Morgan fingerprint density at radius 3 is 2.39 bits per heavy atom. The standard InChI is InChI=1S/C12H22N2O4/c1-9(15)7-17-8-10(6-13)14(5)11(16)18-12(2,3)4/h9-10,15H,7-8H2,1-5H3/t9-,10?/m1/s1. The van der Waals surface area contributed by atoms with Crippen LogP contribution in [0.2, 0.25) is 0 Å². The normalized spacial score (nSPS) is 14.5. The summed E-state index contributed by atoms with van der Waals surface area (Å²) in [6.07, 6.45) is -1.18. The maximum absolute atomic E-state index is 11.7. The average Bonchev–Trinajstić information content (AvgIpc) is 2.20. The van der Waals surface area contributed by atoms with Gasteiger partial charge < -0.3 is 14.6 Å². The zero-order chi connectivity index (χ0) is 14.3. The Labute approximate surface area is 108 Å². The molecule has 0 fully saturated rings. The second kappa shape index (κ2) is 7.19. The highest BCUT2D eigenvalue weighted by molar-refractivity contribution is 5.68. The van der Waals surface area contributed by atoms with E-state index in [0.717, 1.165) is 0 Å². The van der Waals surface area contributed by atoms with Gasteiger partial charge in [0.15, 0.2) is 0 Å². The Kier molecular flexibility index (Phi) is 6.66. The third-order valence-electron chi connectivity index (χ3n) is 1.93. The molecule has 0 bridgehead atoms. The van der Waals surface area contributed by atoms with Crippen molar-refractivity contribution in [1.82, 2.24) is 4.90 Å². The van der Waals surface area contributed by atoms with Crippen molar-refractivity contribution in [2.75, 3.05) is 20.3 Å². The first-order valence-electron chi connectivity index (χ1n) is 5.78. The highest BCUT2D eigenvalue weighted by Crippen LogP contribution is 2.10. The molecule has 0 aromatic heterocycles. The molecule has 0 aromatic rings. The van der Waals surface area contributed by atoms with Crippen LogP contribution in [0.4, 0.5) is 4.79 Å². The summed E-state index contributed by atoms with van der Waals surface area (Å²) < 4.78 is 10.3. The van der Waals surface area contributed by atoms with Crippen molar-refractivity contribution >= 4 is 6.09 Å². The lowest BCUT2D eigenvalue weighted by molar-refractivity contribution is 0.00451. The smallest absolute Gasteiger partial charge is 0.411 e. The summed E-state index contributed by atoms with van der Waals surface area (Å²) in [6, 6.07) is 1.22. The number of likely N-dealkylation sites (N-methyl/N-ethyl adjacent to an activating group) is 1. The van der Waals surface area contributed by atoms with Crippen LogP contribution in [-0.2, 0) is 9.47 Å². The predicted octanol–water partition coefficient (Wildman–Crippen LogP) is 1.14. The largest absolute Gasteiger partial charge is 0.444 e. The van der Waals surface area contributed by atoms with Crippen LogP contribution in [0.25, 0.3) is 0 Å². The van der Waals surface area contributed by atoms with Crippen LogP contribution >= 0.6 is 0 Å².